The van der Waals surface area contributed by atoms with E-state index >= 15 is 0 Å². The number of carbonyl (C=O) groups excluding carboxylic acids is 2. The first-order chi connectivity index (χ1) is 10.0. The smallest absolute Gasteiger partial charge is 0.326 e. The molecule has 116 valence electrons. The zero-order chi connectivity index (χ0) is 15.7. The minimum Gasteiger partial charge on any atom is -0.480 e. The van der Waals surface area contributed by atoms with Crippen molar-refractivity contribution in [3.63, 3.8) is 0 Å². The minimum absolute atomic E-state index is 0.0162. The lowest BCUT2D eigenvalue weighted by atomic mass is 10.1. The number of furan rings is 1. The predicted octanol–water partition coefficient (Wildman–Crippen LogP) is 1.16. The zero-order valence-electron chi connectivity index (χ0n) is 11.9. The van der Waals surface area contributed by atoms with Crippen LogP contribution >= 0.6 is 0 Å². The first-order valence-electron chi connectivity index (χ1n) is 6.88. The lowest BCUT2D eigenvalue weighted by molar-refractivity contribution is -0.142. The molecule has 3 N–H and O–H groups in total. The molecule has 0 radical (unpaired) electrons. The van der Waals surface area contributed by atoms with Crippen LogP contribution in [0.15, 0.2) is 22.8 Å². The maximum atomic E-state index is 11.6. The molecule has 0 fully saturated rings. The summed E-state index contributed by atoms with van der Waals surface area (Å²) < 4.78 is 4.90. The molecule has 0 aliphatic carbocycles. The van der Waals surface area contributed by atoms with Gasteiger partial charge in [-0.2, -0.15) is 0 Å². The summed E-state index contributed by atoms with van der Waals surface area (Å²) in [5.41, 5.74) is 0. The monoisotopic (exact) mass is 296 g/mol. The van der Waals surface area contributed by atoms with E-state index in [1.54, 1.807) is 6.07 Å². The Bertz CT molecular complexity index is 470. The number of hydrogen-bond acceptors (Lipinski definition) is 4. The topological polar surface area (TPSA) is 109 Å². The van der Waals surface area contributed by atoms with Crippen LogP contribution in [0.5, 0.6) is 0 Å². The number of carbonyl (C=O) groups is 3. The van der Waals surface area contributed by atoms with E-state index in [2.05, 4.69) is 10.6 Å². The number of carboxylic acid groups (broad SMARTS) is 1. The Morgan fingerprint density at radius 1 is 1.38 bits per heavy atom. The van der Waals surface area contributed by atoms with Crippen molar-refractivity contribution < 1.29 is 23.9 Å². The van der Waals surface area contributed by atoms with E-state index in [1.165, 1.54) is 12.3 Å². The maximum Gasteiger partial charge on any atom is 0.326 e. The summed E-state index contributed by atoms with van der Waals surface area (Å²) in [4.78, 5) is 34.1. The van der Waals surface area contributed by atoms with Crippen molar-refractivity contribution in [1.82, 2.24) is 10.6 Å². The first kappa shape index (κ1) is 16.7. The largest absolute Gasteiger partial charge is 0.480 e. The number of hydrogen-bond donors (Lipinski definition) is 3. The number of nitrogens with one attached hydrogen (secondary N) is 2. The van der Waals surface area contributed by atoms with Gasteiger partial charge in [-0.25, -0.2) is 4.79 Å². The molecule has 1 heterocycles. The van der Waals surface area contributed by atoms with Crippen LogP contribution in [0.25, 0.3) is 0 Å². The second-order valence-electron chi connectivity index (χ2n) is 4.58. The molecule has 0 aliphatic heterocycles. The molecule has 21 heavy (non-hydrogen) atoms. The van der Waals surface area contributed by atoms with Crippen LogP contribution in [0.1, 0.15) is 43.2 Å². The van der Waals surface area contributed by atoms with Crippen molar-refractivity contribution in [3.05, 3.63) is 24.2 Å². The highest BCUT2D eigenvalue weighted by atomic mass is 16.4. The van der Waals surface area contributed by atoms with Crippen LogP contribution in [0.2, 0.25) is 0 Å². The van der Waals surface area contributed by atoms with Crippen molar-refractivity contribution >= 4 is 17.8 Å². The van der Waals surface area contributed by atoms with Gasteiger partial charge in [-0.05, 0) is 18.6 Å². The average Bonchev–Trinajstić information content (AvgIpc) is 2.97. The molecule has 0 saturated heterocycles. The molecule has 1 aromatic heterocycles. The van der Waals surface area contributed by atoms with Gasteiger partial charge in [-0.15, -0.1) is 0 Å². The molecule has 7 nitrogen and oxygen atoms in total. The first-order valence-corrected chi connectivity index (χ1v) is 6.88. The van der Waals surface area contributed by atoms with E-state index in [1.807, 2.05) is 6.92 Å². The Morgan fingerprint density at radius 2 is 2.14 bits per heavy atom. The maximum absolute atomic E-state index is 11.6. The van der Waals surface area contributed by atoms with Gasteiger partial charge in [-0.1, -0.05) is 19.8 Å². The number of amides is 2. The van der Waals surface area contributed by atoms with Gasteiger partial charge in [0.05, 0.1) is 6.26 Å². The number of aliphatic carboxylic acids is 1. The molecule has 0 saturated carbocycles. The molecular weight excluding hydrogens is 276 g/mol. The molecule has 1 unspecified atom stereocenters. The van der Waals surface area contributed by atoms with Gasteiger partial charge in [0.1, 0.15) is 6.04 Å². The van der Waals surface area contributed by atoms with Gasteiger partial charge in [0.15, 0.2) is 5.76 Å². The normalized spacial score (nSPS) is 11.7. The molecule has 1 rings (SSSR count). The third kappa shape index (κ3) is 6.11. The van der Waals surface area contributed by atoms with Gasteiger partial charge in [-0.3, -0.25) is 9.59 Å². The minimum atomic E-state index is -1.04. The summed E-state index contributed by atoms with van der Waals surface area (Å²) in [6.07, 6.45) is 3.39. The summed E-state index contributed by atoms with van der Waals surface area (Å²) >= 11 is 0. The molecule has 0 aromatic carbocycles. The van der Waals surface area contributed by atoms with Gasteiger partial charge >= 0.3 is 5.97 Å². The highest BCUT2D eigenvalue weighted by Crippen LogP contribution is 2.02. The second-order valence-corrected chi connectivity index (χ2v) is 4.58. The zero-order valence-corrected chi connectivity index (χ0v) is 11.9. The molecule has 7 heteroatoms. The van der Waals surface area contributed by atoms with E-state index in [0.717, 1.165) is 12.8 Å². The fraction of sp³-hybridized carbons (Fsp3) is 0.500. The van der Waals surface area contributed by atoms with E-state index in [-0.39, 0.29) is 18.7 Å². The lowest BCUT2D eigenvalue weighted by Gasteiger charge is -2.14. The number of rotatable bonds is 9. The predicted molar refractivity (Wildman–Crippen MR) is 74.7 cm³/mol. The van der Waals surface area contributed by atoms with Crippen LogP contribution < -0.4 is 10.6 Å². The lowest BCUT2D eigenvalue weighted by Crippen LogP contribution is -2.41. The van der Waals surface area contributed by atoms with E-state index < -0.39 is 23.8 Å². The number of carboxylic acids is 1. The van der Waals surface area contributed by atoms with E-state index in [0.29, 0.717) is 6.42 Å². The summed E-state index contributed by atoms with van der Waals surface area (Å²) in [5, 5.41) is 14.0. The van der Waals surface area contributed by atoms with Crippen molar-refractivity contribution in [2.75, 3.05) is 6.54 Å². The molecule has 0 aliphatic rings. The van der Waals surface area contributed by atoms with E-state index in [9.17, 15) is 14.4 Å². The quantitative estimate of drug-likeness (QED) is 0.633. The van der Waals surface area contributed by atoms with Crippen molar-refractivity contribution in [3.8, 4) is 0 Å². The second kappa shape index (κ2) is 8.78. The average molecular weight is 296 g/mol. The summed E-state index contributed by atoms with van der Waals surface area (Å²) in [6.45, 7) is 2.07. The van der Waals surface area contributed by atoms with Crippen molar-refractivity contribution in [2.45, 2.75) is 38.6 Å². The van der Waals surface area contributed by atoms with Crippen LogP contribution in [-0.2, 0) is 9.59 Å². The Labute approximate surface area is 122 Å². The Balaban J connectivity index is 2.29. The molecule has 1 aromatic rings. The standard InChI is InChI=1S/C14H20N2O5/c1-2-3-5-10(14(19)20)16-12(17)7-8-15-13(18)11-6-4-9-21-11/h4,6,9-10H,2-3,5,7-8H2,1H3,(H,15,18)(H,16,17)(H,19,20). The van der Waals surface area contributed by atoms with E-state index in [4.69, 9.17) is 9.52 Å². The van der Waals surface area contributed by atoms with Gasteiger partial charge in [0.25, 0.3) is 5.91 Å². The third-order valence-electron chi connectivity index (χ3n) is 2.86. The fourth-order valence-corrected chi connectivity index (χ4v) is 1.72. The van der Waals surface area contributed by atoms with Crippen LogP contribution in [0, 0.1) is 0 Å². The molecule has 0 bridgehead atoms. The molecule has 1 atom stereocenters. The molecular formula is C14H20N2O5. The van der Waals surface area contributed by atoms with Crippen molar-refractivity contribution in [1.29, 1.82) is 0 Å². The Hall–Kier alpha value is -2.31. The molecule has 0 spiro atoms. The van der Waals surface area contributed by atoms with Crippen LogP contribution in [0.4, 0.5) is 0 Å². The van der Waals surface area contributed by atoms with Crippen LogP contribution in [-0.4, -0.2) is 35.5 Å². The summed E-state index contributed by atoms with van der Waals surface area (Å²) in [6, 6.07) is 2.23. The van der Waals surface area contributed by atoms with Gasteiger partial charge < -0.3 is 20.2 Å². The Kier molecular flexibility index (Phi) is 7.00. The summed E-state index contributed by atoms with van der Waals surface area (Å²) in [5.74, 6) is -1.69. The Morgan fingerprint density at radius 3 is 2.71 bits per heavy atom. The van der Waals surface area contributed by atoms with Gasteiger partial charge in [0, 0.05) is 13.0 Å². The fourth-order valence-electron chi connectivity index (χ4n) is 1.72. The van der Waals surface area contributed by atoms with Gasteiger partial charge in [0.2, 0.25) is 5.91 Å². The van der Waals surface area contributed by atoms with Crippen LogP contribution in [0.3, 0.4) is 0 Å². The highest BCUT2D eigenvalue weighted by molar-refractivity contribution is 5.91. The van der Waals surface area contributed by atoms with Crippen molar-refractivity contribution in [2.24, 2.45) is 0 Å². The molecule has 2 amide bonds. The third-order valence-corrected chi connectivity index (χ3v) is 2.86. The SMILES string of the molecule is CCCCC(NC(=O)CCNC(=O)c1ccco1)C(=O)O. The highest BCUT2D eigenvalue weighted by Gasteiger charge is 2.19. The number of unbranched alkanes of at least 4 members (excludes halogenated alkanes) is 1. The summed E-state index contributed by atoms with van der Waals surface area (Å²) in [7, 11) is 0.